The highest BCUT2D eigenvalue weighted by molar-refractivity contribution is 5.91. The van der Waals surface area contributed by atoms with Gasteiger partial charge in [-0.2, -0.15) is 0 Å². The molecule has 1 heterocycles. The molecule has 102 valence electrons. The summed E-state index contributed by atoms with van der Waals surface area (Å²) in [6.45, 7) is 5.96. The first-order valence-corrected chi connectivity index (χ1v) is 6.26. The Hall–Kier alpha value is -2.62. The van der Waals surface area contributed by atoms with Gasteiger partial charge in [-0.3, -0.25) is 9.78 Å². The summed E-state index contributed by atoms with van der Waals surface area (Å²) in [7, 11) is 0. The fraction of sp³-hybridized carbons (Fsp3) is 0.125. The Bertz CT molecular complexity index is 609. The van der Waals surface area contributed by atoms with Gasteiger partial charge in [0, 0.05) is 12.7 Å². The van der Waals surface area contributed by atoms with Crippen molar-refractivity contribution in [2.45, 2.75) is 13.5 Å². The minimum atomic E-state index is -0.336. The molecular formula is C16H16N2O2. The van der Waals surface area contributed by atoms with Crippen LogP contribution in [0.3, 0.4) is 0 Å². The van der Waals surface area contributed by atoms with E-state index >= 15 is 0 Å². The van der Waals surface area contributed by atoms with Gasteiger partial charge in [-0.1, -0.05) is 36.9 Å². The second kappa shape index (κ2) is 6.52. The van der Waals surface area contributed by atoms with Gasteiger partial charge in [0.1, 0.15) is 5.75 Å². The molecule has 4 nitrogen and oxygen atoms in total. The Labute approximate surface area is 118 Å². The lowest BCUT2D eigenvalue weighted by Crippen LogP contribution is -2.26. The zero-order chi connectivity index (χ0) is 14.4. The van der Waals surface area contributed by atoms with Crippen LogP contribution in [0.25, 0.3) is 0 Å². The Balaban J connectivity index is 1.90. The molecule has 0 aliphatic heterocycles. The highest BCUT2D eigenvalue weighted by atomic mass is 16.5. The van der Waals surface area contributed by atoms with Crippen molar-refractivity contribution in [2.24, 2.45) is 0 Å². The van der Waals surface area contributed by atoms with E-state index in [1.165, 1.54) is 0 Å². The summed E-state index contributed by atoms with van der Waals surface area (Å²) in [5.41, 5.74) is 1.92. The fourth-order valence-electron chi connectivity index (χ4n) is 1.61. The number of aromatic nitrogens is 1. The maximum atomic E-state index is 11.9. The SMILES string of the molecule is C=C(Oc1cnccc1C)C(=O)NCc1ccccc1. The molecule has 1 aromatic heterocycles. The number of benzene rings is 1. The van der Waals surface area contributed by atoms with Gasteiger partial charge >= 0.3 is 0 Å². The number of nitrogens with one attached hydrogen (secondary N) is 1. The molecule has 20 heavy (non-hydrogen) atoms. The van der Waals surface area contributed by atoms with Gasteiger partial charge in [0.25, 0.3) is 5.91 Å². The molecule has 0 unspecified atom stereocenters. The monoisotopic (exact) mass is 268 g/mol. The molecule has 1 amide bonds. The lowest BCUT2D eigenvalue weighted by atomic mass is 10.2. The van der Waals surface area contributed by atoms with Crippen molar-refractivity contribution >= 4 is 5.91 Å². The van der Waals surface area contributed by atoms with Gasteiger partial charge in [-0.05, 0) is 24.1 Å². The average molecular weight is 268 g/mol. The Morgan fingerprint density at radius 1 is 1.30 bits per heavy atom. The minimum Gasteiger partial charge on any atom is -0.450 e. The van der Waals surface area contributed by atoms with Crippen LogP contribution in [0.15, 0.2) is 61.1 Å². The summed E-state index contributed by atoms with van der Waals surface area (Å²) in [4.78, 5) is 15.8. The van der Waals surface area contributed by atoms with E-state index in [9.17, 15) is 4.79 Å². The maximum absolute atomic E-state index is 11.9. The number of carbonyl (C=O) groups excluding carboxylic acids is 1. The van der Waals surface area contributed by atoms with E-state index in [4.69, 9.17) is 4.74 Å². The van der Waals surface area contributed by atoms with Crippen LogP contribution in [0.1, 0.15) is 11.1 Å². The number of carbonyl (C=O) groups is 1. The van der Waals surface area contributed by atoms with Crippen LogP contribution in [0, 0.1) is 6.92 Å². The van der Waals surface area contributed by atoms with E-state index in [1.807, 2.05) is 43.3 Å². The summed E-state index contributed by atoms with van der Waals surface area (Å²) in [5.74, 6) is 0.251. The first-order chi connectivity index (χ1) is 9.66. The first kappa shape index (κ1) is 13.8. The van der Waals surface area contributed by atoms with Crippen molar-refractivity contribution in [1.82, 2.24) is 10.3 Å². The molecule has 0 saturated carbocycles. The minimum absolute atomic E-state index is 0.0528. The number of pyridine rings is 1. The third-order valence-electron chi connectivity index (χ3n) is 2.77. The van der Waals surface area contributed by atoms with Crippen LogP contribution < -0.4 is 10.1 Å². The standard InChI is InChI=1S/C16H16N2O2/c1-12-8-9-17-11-15(12)20-13(2)16(19)18-10-14-6-4-3-5-7-14/h3-9,11H,2,10H2,1H3,(H,18,19). The first-order valence-electron chi connectivity index (χ1n) is 6.26. The van der Waals surface area contributed by atoms with Gasteiger partial charge in [-0.15, -0.1) is 0 Å². The predicted molar refractivity (Wildman–Crippen MR) is 77.0 cm³/mol. The number of hydrogen-bond acceptors (Lipinski definition) is 3. The molecule has 0 spiro atoms. The van der Waals surface area contributed by atoms with Crippen molar-refractivity contribution in [1.29, 1.82) is 0 Å². The average Bonchev–Trinajstić information content (AvgIpc) is 2.48. The number of aryl methyl sites for hydroxylation is 1. The molecule has 1 N–H and O–H groups in total. The smallest absolute Gasteiger partial charge is 0.286 e. The second-order valence-electron chi connectivity index (χ2n) is 4.33. The van der Waals surface area contributed by atoms with Crippen molar-refractivity contribution in [2.75, 3.05) is 0 Å². The molecule has 0 aliphatic rings. The quantitative estimate of drug-likeness (QED) is 0.670. The van der Waals surface area contributed by atoms with Crippen LogP contribution in [-0.2, 0) is 11.3 Å². The van der Waals surface area contributed by atoms with Crippen LogP contribution in [-0.4, -0.2) is 10.9 Å². The third-order valence-corrected chi connectivity index (χ3v) is 2.77. The Morgan fingerprint density at radius 2 is 2.05 bits per heavy atom. The predicted octanol–water partition coefficient (Wildman–Crippen LogP) is 2.60. The molecule has 0 bridgehead atoms. The van der Waals surface area contributed by atoms with Crippen LogP contribution in [0.4, 0.5) is 0 Å². The number of nitrogens with zero attached hydrogens (tertiary/aromatic N) is 1. The maximum Gasteiger partial charge on any atom is 0.286 e. The topological polar surface area (TPSA) is 51.2 Å². The second-order valence-corrected chi connectivity index (χ2v) is 4.33. The lowest BCUT2D eigenvalue weighted by Gasteiger charge is -2.10. The molecule has 0 aliphatic carbocycles. The molecule has 2 aromatic rings. The van der Waals surface area contributed by atoms with Crippen LogP contribution in [0.5, 0.6) is 5.75 Å². The summed E-state index contributed by atoms with van der Waals surface area (Å²) in [6, 6.07) is 11.5. The summed E-state index contributed by atoms with van der Waals surface area (Å²) in [6.07, 6.45) is 3.23. The number of amides is 1. The van der Waals surface area contributed by atoms with E-state index < -0.39 is 0 Å². The molecule has 2 rings (SSSR count). The zero-order valence-corrected chi connectivity index (χ0v) is 11.3. The zero-order valence-electron chi connectivity index (χ0n) is 11.3. The van der Waals surface area contributed by atoms with Crippen molar-refractivity contribution < 1.29 is 9.53 Å². The molecule has 1 aromatic carbocycles. The van der Waals surface area contributed by atoms with Gasteiger partial charge in [-0.25, -0.2) is 0 Å². The van der Waals surface area contributed by atoms with E-state index in [-0.39, 0.29) is 11.7 Å². The fourth-order valence-corrected chi connectivity index (χ4v) is 1.61. The number of hydrogen-bond donors (Lipinski definition) is 1. The highest BCUT2D eigenvalue weighted by Gasteiger charge is 2.10. The van der Waals surface area contributed by atoms with Crippen LogP contribution in [0.2, 0.25) is 0 Å². The molecule has 0 radical (unpaired) electrons. The van der Waals surface area contributed by atoms with Crippen molar-refractivity contribution in [3.8, 4) is 5.75 Å². The summed E-state index contributed by atoms with van der Waals surface area (Å²) in [5, 5.41) is 2.75. The normalized spacial score (nSPS) is 9.85. The summed E-state index contributed by atoms with van der Waals surface area (Å²) < 4.78 is 5.43. The molecule has 0 fully saturated rings. The highest BCUT2D eigenvalue weighted by Crippen LogP contribution is 2.17. The van der Waals surface area contributed by atoms with Crippen molar-refractivity contribution in [3.63, 3.8) is 0 Å². The van der Waals surface area contributed by atoms with Crippen molar-refractivity contribution in [3.05, 3.63) is 72.3 Å². The lowest BCUT2D eigenvalue weighted by molar-refractivity contribution is -0.119. The van der Waals surface area contributed by atoms with Gasteiger partial charge < -0.3 is 10.1 Å². The summed E-state index contributed by atoms with van der Waals surface area (Å²) >= 11 is 0. The molecular weight excluding hydrogens is 252 g/mol. The van der Waals surface area contributed by atoms with E-state index in [1.54, 1.807) is 12.4 Å². The number of rotatable bonds is 5. The van der Waals surface area contributed by atoms with E-state index in [2.05, 4.69) is 16.9 Å². The van der Waals surface area contributed by atoms with E-state index in [0.29, 0.717) is 12.3 Å². The third kappa shape index (κ3) is 3.68. The number of ether oxygens (including phenoxy) is 1. The van der Waals surface area contributed by atoms with Gasteiger partial charge in [0.15, 0.2) is 5.76 Å². The molecule has 4 heteroatoms. The molecule has 0 saturated heterocycles. The molecule has 0 atom stereocenters. The van der Waals surface area contributed by atoms with Gasteiger partial charge in [0.2, 0.25) is 0 Å². The Morgan fingerprint density at radius 3 is 2.75 bits per heavy atom. The van der Waals surface area contributed by atoms with E-state index in [0.717, 1.165) is 11.1 Å². The van der Waals surface area contributed by atoms with Gasteiger partial charge in [0.05, 0.1) is 6.20 Å². The Kier molecular flexibility index (Phi) is 4.50. The van der Waals surface area contributed by atoms with Crippen LogP contribution >= 0.6 is 0 Å². The largest absolute Gasteiger partial charge is 0.450 e.